The number of hydrogen-bond donors (Lipinski definition) is 0. The Hall–Kier alpha value is -9.70. The van der Waals surface area contributed by atoms with E-state index in [0.717, 1.165) is 82.8 Å². The van der Waals surface area contributed by atoms with Gasteiger partial charge >= 0.3 is 0 Å². The molecule has 0 spiro atoms. The number of aromatic nitrogens is 5. The summed E-state index contributed by atoms with van der Waals surface area (Å²) in [4.78, 5) is 15.5. The summed E-state index contributed by atoms with van der Waals surface area (Å²) in [5, 5.41) is 15.2. The van der Waals surface area contributed by atoms with Crippen LogP contribution in [0.1, 0.15) is 38.9 Å². The number of nitrogens with zero attached hydrogens (tertiary/aromatic N) is 6. The first-order valence-electron chi connectivity index (χ1n) is 25.9. The normalized spacial score (nSPS) is 11.5. The summed E-state index contributed by atoms with van der Waals surface area (Å²) in [6.07, 6.45) is 0. The average molecular weight is 977 g/mol. The van der Waals surface area contributed by atoms with E-state index in [1.165, 1.54) is 55.6 Å². The van der Waals surface area contributed by atoms with Crippen molar-refractivity contribution < 1.29 is 0 Å². The van der Waals surface area contributed by atoms with Crippen LogP contribution >= 0.6 is 0 Å². The highest BCUT2D eigenvalue weighted by atomic mass is 15.0. The lowest BCUT2D eigenvalue weighted by atomic mass is 9.93. The molecule has 0 unspecified atom stereocenters. The van der Waals surface area contributed by atoms with Gasteiger partial charge in [0.1, 0.15) is 0 Å². The van der Waals surface area contributed by atoms with E-state index in [2.05, 4.69) is 196 Å². The Bertz CT molecular complexity index is 4430. The van der Waals surface area contributed by atoms with Gasteiger partial charge in [0.25, 0.3) is 0 Å². The highest BCUT2D eigenvalue weighted by molar-refractivity contribution is 6.13. The minimum Gasteiger partial charge on any atom is -0.309 e. The van der Waals surface area contributed by atoms with Crippen LogP contribution in [0.4, 0.5) is 0 Å². The second-order valence-electron chi connectivity index (χ2n) is 20.3. The molecule has 0 radical (unpaired) electrons. The monoisotopic (exact) mass is 976 g/mol. The van der Waals surface area contributed by atoms with Crippen LogP contribution < -0.4 is 0 Å². The van der Waals surface area contributed by atoms with E-state index in [9.17, 15) is 5.26 Å². The molecule has 0 aliphatic rings. The first-order chi connectivity index (χ1) is 37.1. The van der Waals surface area contributed by atoms with Gasteiger partial charge in [-0.2, -0.15) is 5.26 Å². The van der Waals surface area contributed by atoms with Gasteiger partial charge in [-0.15, -0.1) is 0 Å². The van der Waals surface area contributed by atoms with Gasteiger partial charge in [-0.25, -0.2) is 15.0 Å². The summed E-state index contributed by atoms with van der Waals surface area (Å²) in [6.45, 7) is 13.2. The maximum atomic E-state index is 10.7. The number of fused-ring (bicyclic) bond motifs is 6. The van der Waals surface area contributed by atoms with Gasteiger partial charge in [-0.3, -0.25) is 0 Å². The van der Waals surface area contributed by atoms with Gasteiger partial charge in [0, 0.05) is 49.4 Å². The maximum Gasteiger partial charge on any atom is 0.164 e. The second-order valence-corrected chi connectivity index (χ2v) is 20.3. The topological polar surface area (TPSA) is 72.3 Å². The molecule has 3 aromatic heterocycles. The lowest BCUT2D eigenvalue weighted by Gasteiger charge is -2.20. The lowest BCUT2D eigenvalue weighted by Crippen LogP contribution is -2.04. The summed E-state index contributed by atoms with van der Waals surface area (Å²) < 4.78 is 4.76. The number of rotatable bonds is 8. The quantitative estimate of drug-likeness (QED) is 0.152. The van der Waals surface area contributed by atoms with Gasteiger partial charge in [-0.1, -0.05) is 163 Å². The average Bonchev–Trinajstić information content (AvgIpc) is 4.04. The first kappa shape index (κ1) is 46.1. The lowest BCUT2D eigenvalue weighted by molar-refractivity contribution is 1.07. The van der Waals surface area contributed by atoms with E-state index in [1.807, 2.05) is 66.7 Å². The van der Waals surface area contributed by atoms with Crippen LogP contribution in [0.25, 0.3) is 123 Å². The molecule has 0 saturated carbocycles. The predicted octanol–water partition coefficient (Wildman–Crippen LogP) is 17.8. The predicted molar refractivity (Wildman–Crippen MR) is 314 cm³/mol. The zero-order valence-electron chi connectivity index (χ0n) is 43.3. The number of nitriles is 1. The summed E-state index contributed by atoms with van der Waals surface area (Å²) in [5.74, 6) is 1.75. The Morgan fingerprint density at radius 1 is 0.329 bits per heavy atom. The van der Waals surface area contributed by atoms with Gasteiger partial charge in [-0.05, 0) is 141 Å². The van der Waals surface area contributed by atoms with Crippen molar-refractivity contribution in [2.45, 2.75) is 41.5 Å². The van der Waals surface area contributed by atoms with E-state index in [-0.39, 0.29) is 0 Å². The van der Waals surface area contributed by atoms with Crippen LogP contribution in [0.5, 0.6) is 0 Å². The molecule has 0 fully saturated rings. The second kappa shape index (κ2) is 18.3. The molecule has 0 N–H and O–H groups in total. The fourth-order valence-corrected chi connectivity index (χ4v) is 12.1. The maximum absolute atomic E-state index is 10.7. The third-order valence-electron chi connectivity index (χ3n) is 15.1. The molecule has 0 aliphatic heterocycles. The fraction of sp³-hybridized carbons (Fsp3) is 0.0857. The Kier molecular flexibility index (Phi) is 11.1. The first-order valence-corrected chi connectivity index (χ1v) is 25.9. The van der Waals surface area contributed by atoms with Crippen molar-refractivity contribution in [1.82, 2.24) is 24.1 Å². The molecule has 0 saturated heterocycles. The van der Waals surface area contributed by atoms with Gasteiger partial charge in [0.15, 0.2) is 17.5 Å². The number of aryl methyl sites for hydroxylation is 6. The Labute approximate surface area is 442 Å². The van der Waals surface area contributed by atoms with Crippen molar-refractivity contribution in [3.8, 4) is 85.0 Å². The van der Waals surface area contributed by atoms with Crippen molar-refractivity contribution in [3.63, 3.8) is 0 Å². The molecule has 13 rings (SSSR count). The van der Waals surface area contributed by atoms with Gasteiger partial charge in [0.05, 0.1) is 45.1 Å². The Morgan fingerprint density at radius 3 is 1.17 bits per heavy atom. The molecule has 0 amide bonds. The molecular formula is C70H52N6. The van der Waals surface area contributed by atoms with Crippen molar-refractivity contribution in [2.24, 2.45) is 0 Å². The number of benzene rings is 10. The van der Waals surface area contributed by atoms with Crippen LogP contribution in [0.3, 0.4) is 0 Å². The molecule has 0 aliphatic carbocycles. The minimum atomic E-state index is 0.561. The summed E-state index contributed by atoms with van der Waals surface area (Å²) in [5.41, 5.74) is 23.7. The van der Waals surface area contributed by atoms with E-state index in [4.69, 9.17) is 15.0 Å². The smallest absolute Gasteiger partial charge is 0.164 e. The largest absolute Gasteiger partial charge is 0.309 e. The molecule has 76 heavy (non-hydrogen) atoms. The SMILES string of the molecule is Cc1cc(C)c(-c2ccc3c(c2)c2ccccc2n3-c2cc(C#N)ccc2-c2ccc(-c3nc(-c4ccccc4)nc(-c4ccccc4)n3)cc2-n2c3ccccc3c3cc(-c4c(C)cc(C)cc4C)ccc32)c(C)c1. The van der Waals surface area contributed by atoms with E-state index in [0.29, 0.717) is 23.0 Å². The molecule has 3 heterocycles. The molecule has 10 aromatic carbocycles. The summed E-state index contributed by atoms with van der Waals surface area (Å²) in [6, 6.07) is 75.7. The molecule has 0 atom stereocenters. The van der Waals surface area contributed by atoms with Crippen molar-refractivity contribution >= 4 is 43.6 Å². The highest BCUT2D eigenvalue weighted by Crippen LogP contribution is 2.44. The van der Waals surface area contributed by atoms with E-state index < -0.39 is 0 Å². The summed E-state index contributed by atoms with van der Waals surface area (Å²) in [7, 11) is 0. The van der Waals surface area contributed by atoms with Crippen LogP contribution in [-0.4, -0.2) is 24.1 Å². The number of para-hydroxylation sites is 2. The fourth-order valence-electron chi connectivity index (χ4n) is 12.1. The Morgan fingerprint density at radius 2 is 0.711 bits per heavy atom. The van der Waals surface area contributed by atoms with Crippen molar-refractivity contribution in [1.29, 1.82) is 5.26 Å². The van der Waals surface area contributed by atoms with Crippen LogP contribution in [0.2, 0.25) is 0 Å². The van der Waals surface area contributed by atoms with Crippen LogP contribution in [-0.2, 0) is 0 Å². The third kappa shape index (κ3) is 7.75. The molecule has 0 bridgehead atoms. The highest BCUT2D eigenvalue weighted by Gasteiger charge is 2.24. The van der Waals surface area contributed by atoms with Gasteiger partial charge in [0.2, 0.25) is 0 Å². The van der Waals surface area contributed by atoms with Crippen LogP contribution in [0.15, 0.2) is 206 Å². The van der Waals surface area contributed by atoms with E-state index in [1.54, 1.807) is 0 Å². The van der Waals surface area contributed by atoms with Crippen molar-refractivity contribution in [3.05, 3.63) is 245 Å². The Balaban J connectivity index is 1.10. The number of hydrogen-bond acceptors (Lipinski definition) is 4. The van der Waals surface area contributed by atoms with Crippen molar-refractivity contribution in [2.75, 3.05) is 0 Å². The molecule has 6 nitrogen and oxygen atoms in total. The summed E-state index contributed by atoms with van der Waals surface area (Å²) >= 11 is 0. The third-order valence-corrected chi connectivity index (χ3v) is 15.1. The molecular weight excluding hydrogens is 925 g/mol. The van der Waals surface area contributed by atoms with Gasteiger partial charge < -0.3 is 9.13 Å². The molecule has 6 heteroatoms. The minimum absolute atomic E-state index is 0.561. The molecule has 362 valence electrons. The van der Waals surface area contributed by atoms with Crippen LogP contribution in [0, 0.1) is 52.9 Å². The zero-order chi connectivity index (χ0) is 51.8. The van der Waals surface area contributed by atoms with E-state index >= 15 is 0 Å². The zero-order valence-corrected chi connectivity index (χ0v) is 43.3. The molecule has 13 aromatic rings. The standard InChI is InChI=1S/C70H52N6/c1-42-33-44(3)66(45(4)34-42)51-27-31-62-58(38-51)54-21-13-15-23-60(54)75(62)64-37-48(41-71)25-29-56(64)57-30-26-53(70-73-68(49-17-9-7-10-18-49)72-69(74-70)50-19-11-8-12-20-50)40-65(57)76-61-24-16-14-22-55(61)59-39-52(28-32-63(59)76)67-46(5)35-43(2)36-47(67)6/h7-40H,1-6H3.